The van der Waals surface area contributed by atoms with E-state index in [1.165, 1.54) is 23.0 Å². The minimum absolute atomic E-state index is 0.0723. The number of aromatic nitrogens is 2. The molecule has 0 atom stereocenters. The Morgan fingerprint density at radius 2 is 1.92 bits per heavy atom. The number of benzene rings is 1. The highest BCUT2D eigenvalue weighted by Crippen LogP contribution is 2.29. The normalized spacial score (nSPS) is 14.4. The maximum Gasteiger partial charge on any atom is 0.416 e. The molecule has 1 aliphatic carbocycles. The summed E-state index contributed by atoms with van der Waals surface area (Å²) in [5.74, 6) is -0.304. The van der Waals surface area contributed by atoms with E-state index in [9.17, 15) is 22.8 Å². The van der Waals surface area contributed by atoms with E-state index in [1.807, 2.05) is 0 Å². The Hall–Kier alpha value is -2.64. The van der Waals surface area contributed by atoms with Crippen molar-refractivity contribution in [3.63, 3.8) is 0 Å². The van der Waals surface area contributed by atoms with Gasteiger partial charge in [0, 0.05) is 19.2 Å². The van der Waals surface area contributed by atoms with Crippen LogP contribution in [-0.4, -0.2) is 33.4 Å². The molecular formula is C17H16F3N3O2. The molecule has 0 bridgehead atoms. The van der Waals surface area contributed by atoms with Crippen LogP contribution < -0.4 is 5.56 Å². The van der Waals surface area contributed by atoms with Gasteiger partial charge in [-0.05, 0) is 30.5 Å². The zero-order valence-corrected chi connectivity index (χ0v) is 13.5. The lowest BCUT2D eigenvalue weighted by molar-refractivity contribution is -0.137. The van der Waals surface area contributed by atoms with Crippen molar-refractivity contribution in [3.05, 3.63) is 63.8 Å². The minimum Gasteiger partial charge on any atom is -0.337 e. The largest absolute Gasteiger partial charge is 0.416 e. The maximum atomic E-state index is 12.6. The van der Waals surface area contributed by atoms with E-state index in [0.717, 1.165) is 31.0 Å². The van der Waals surface area contributed by atoms with Gasteiger partial charge in [0.15, 0.2) is 0 Å². The molecule has 0 N–H and O–H groups in total. The third-order valence-corrected chi connectivity index (χ3v) is 4.15. The maximum absolute atomic E-state index is 12.6. The topological polar surface area (TPSA) is 55.2 Å². The van der Waals surface area contributed by atoms with Crippen LogP contribution >= 0.6 is 0 Å². The second-order valence-electron chi connectivity index (χ2n) is 6.08. The van der Waals surface area contributed by atoms with Gasteiger partial charge in [0.05, 0.1) is 18.4 Å². The molecule has 0 saturated heterocycles. The van der Waals surface area contributed by atoms with Crippen LogP contribution in [0.3, 0.4) is 0 Å². The summed E-state index contributed by atoms with van der Waals surface area (Å²) in [5.41, 5.74) is -0.567. The SMILES string of the molecule is CN(C(=O)c1cc(=O)n(Cc2ccc(C(F)(F)F)cc2)cn1)C1CC1. The molecule has 0 spiro atoms. The Balaban J connectivity index is 1.75. The summed E-state index contributed by atoms with van der Waals surface area (Å²) < 4.78 is 38.9. The number of halogens is 3. The molecule has 132 valence electrons. The van der Waals surface area contributed by atoms with Crippen molar-refractivity contribution in [2.45, 2.75) is 31.6 Å². The number of carbonyl (C=O) groups excluding carboxylic acids is 1. The van der Waals surface area contributed by atoms with Crippen LogP contribution in [0.1, 0.15) is 34.5 Å². The molecule has 5 nitrogen and oxygen atoms in total. The van der Waals surface area contributed by atoms with Crippen LogP contribution in [0.25, 0.3) is 0 Å². The lowest BCUT2D eigenvalue weighted by Gasteiger charge is -2.15. The average Bonchev–Trinajstić information content (AvgIpc) is 3.40. The fourth-order valence-corrected chi connectivity index (χ4v) is 2.47. The summed E-state index contributed by atoms with van der Waals surface area (Å²) >= 11 is 0. The summed E-state index contributed by atoms with van der Waals surface area (Å²) in [6.45, 7) is 0.0803. The van der Waals surface area contributed by atoms with Gasteiger partial charge in [-0.3, -0.25) is 14.2 Å². The lowest BCUT2D eigenvalue weighted by atomic mass is 10.1. The third kappa shape index (κ3) is 3.89. The minimum atomic E-state index is -4.40. The van der Waals surface area contributed by atoms with Crippen LogP contribution in [0.2, 0.25) is 0 Å². The highest BCUT2D eigenvalue weighted by Gasteiger charge is 2.31. The smallest absolute Gasteiger partial charge is 0.337 e. The van der Waals surface area contributed by atoms with Gasteiger partial charge in [-0.2, -0.15) is 13.2 Å². The standard InChI is InChI=1S/C17H16F3N3O2/c1-22(13-6-7-13)16(25)14-8-15(24)23(10-21-14)9-11-2-4-12(5-3-11)17(18,19)20/h2-5,8,10,13H,6-7,9H2,1H3. The summed E-state index contributed by atoms with van der Waals surface area (Å²) in [6.07, 6.45) is -1.25. The van der Waals surface area contributed by atoms with E-state index in [1.54, 1.807) is 11.9 Å². The van der Waals surface area contributed by atoms with E-state index < -0.39 is 17.3 Å². The quantitative estimate of drug-likeness (QED) is 0.851. The molecule has 0 aliphatic heterocycles. The Morgan fingerprint density at radius 1 is 1.28 bits per heavy atom. The molecule has 0 unspecified atom stereocenters. The van der Waals surface area contributed by atoms with Gasteiger partial charge in [-0.15, -0.1) is 0 Å². The molecule has 1 aliphatic rings. The third-order valence-electron chi connectivity index (χ3n) is 4.15. The number of rotatable bonds is 4. The predicted octanol–water partition coefficient (Wildman–Crippen LogP) is 2.54. The van der Waals surface area contributed by atoms with Gasteiger partial charge in [0.1, 0.15) is 5.69 Å². The van der Waals surface area contributed by atoms with Crippen LogP contribution in [0, 0.1) is 0 Å². The molecule has 1 saturated carbocycles. The van der Waals surface area contributed by atoms with Crippen molar-refractivity contribution in [1.82, 2.24) is 14.5 Å². The van der Waals surface area contributed by atoms with E-state index in [4.69, 9.17) is 0 Å². The molecule has 25 heavy (non-hydrogen) atoms. The van der Waals surface area contributed by atoms with E-state index in [2.05, 4.69) is 4.98 Å². The zero-order valence-electron chi connectivity index (χ0n) is 13.5. The molecule has 3 rings (SSSR count). The lowest BCUT2D eigenvalue weighted by Crippen LogP contribution is -2.31. The predicted molar refractivity (Wildman–Crippen MR) is 84.2 cm³/mol. The van der Waals surface area contributed by atoms with Crippen LogP contribution in [-0.2, 0) is 12.7 Å². The molecule has 8 heteroatoms. The Labute approximate surface area is 141 Å². The molecule has 0 radical (unpaired) electrons. The molecule has 1 amide bonds. The first-order chi connectivity index (χ1) is 11.8. The van der Waals surface area contributed by atoms with Crippen molar-refractivity contribution >= 4 is 5.91 Å². The highest BCUT2D eigenvalue weighted by atomic mass is 19.4. The van der Waals surface area contributed by atoms with Crippen LogP contribution in [0.15, 0.2) is 41.5 Å². The number of hydrogen-bond donors (Lipinski definition) is 0. The van der Waals surface area contributed by atoms with Gasteiger partial charge in [-0.25, -0.2) is 4.98 Å². The van der Waals surface area contributed by atoms with Gasteiger partial charge < -0.3 is 4.90 Å². The van der Waals surface area contributed by atoms with Gasteiger partial charge in [-0.1, -0.05) is 12.1 Å². The van der Waals surface area contributed by atoms with Gasteiger partial charge >= 0.3 is 6.18 Å². The second-order valence-corrected chi connectivity index (χ2v) is 6.08. The molecular weight excluding hydrogens is 335 g/mol. The van der Waals surface area contributed by atoms with Crippen molar-refractivity contribution in [3.8, 4) is 0 Å². The highest BCUT2D eigenvalue weighted by molar-refractivity contribution is 5.92. The van der Waals surface area contributed by atoms with Crippen molar-refractivity contribution in [1.29, 1.82) is 0 Å². The first-order valence-corrected chi connectivity index (χ1v) is 7.75. The molecule has 1 heterocycles. The Kier molecular flexibility index (Phi) is 4.36. The number of carbonyl (C=O) groups is 1. The fourth-order valence-electron chi connectivity index (χ4n) is 2.47. The summed E-state index contributed by atoms with van der Waals surface area (Å²) in [6, 6.07) is 5.94. The van der Waals surface area contributed by atoms with Crippen LogP contribution in [0.5, 0.6) is 0 Å². The number of amides is 1. The number of hydrogen-bond acceptors (Lipinski definition) is 3. The molecule has 2 aromatic rings. The Bertz CT molecular complexity index is 839. The summed E-state index contributed by atoms with van der Waals surface area (Å²) in [7, 11) is 1.68. The monoisotopic (exact) mass is 351 g/mol. The van der Waals surface area contributed by atoms with E-state index >= 15 is 0 Å². The molecule has 1 aromatic heterocycles. The number of alkyl halides is 3. The number of nitrogens with zero attached hydrogens (tertiary/aromatic N) is 3. The molecule has 1 aromatic carbocycles. The van der Waals surface area contributed by atoms with Crippen LogP contribution in [0.4, 0.5) is 13.2 Å². The van der Waals surface area contributed by atoms with Crippen molar-refractivity contribution in [2.24, 2.45) is 0 Å². The average molecular weight is 351 g/mol. The Morgan fingerprint density at radius 3 is 2.44 bits per heavy atom. The van der Waals surface area contributed by atoms with Gasteiger partial charge in [0.2, 0.25) is 0 Å². The first-order valence-electron chi connectivity index (χ1n) is 7.75. The zero-order chi connectivity index (χ0) is 18.2. The second kappa shape index (κ2) is 6.34. The summed E-state index contributed by atoms with van der Waals surface area (Å²) in [4.78, 5) is 29.9. The fraction of sp³-hybridized carbons (Fsp3) is 0.353. The first kappa shape index (κ1) is 17.2. The van der Waals surface area contributed by atoms with E-state index in [-0.39, 0.29) is 24.2 Å². The van der Waals surface area contributed by atoms with Crippen molar-refractivity contribution in [2.75, 3.05) is 7.05 Å². The van der Waals surface area contributed by atoms with Crippen molar-refractivity contribution < 1.29 is 18.0 Å². The van der Waals surface area contributed by atoms with E-state index in [0.29, 0.717) is 5.56 Å². The summed E-state index contributed by atoms with van der Waals surface area (Å²) in [5, 5.41) is 0. The van der Waals surface area contributed by atoms with Gasteiger partial charge in [0.25, 0.3) is 11.5 Å². The molecule has 1 fully saturated rings.